The van der Waals surface area contributed by atoms with Crippen molar-refractivity contribution < 1.29 is 0 Å². The molecule has 0 saturated heterocycles. The first-order chi connectivity index (χ1) is 26.8. The zero-order chi connectivity index (χ0) is 35.6. The van der Waals surface area contributed by atoms with Crippen molar-refractivity contribution in [3.63, 3.8) is 0 Å². The van der Waals surface area contributed by atoms with Gasteiger partial charge >= 0.3 is 0 Å². The molecule has 9 aromatic rings. The molecule has 0 aliphatic carbocycles. The summed E-state index contributed by atoms with van der Waals surface area (Å²) in [6.07, 6.45) is 2.11. The molecule has 258 valence electrons. The van der Waals surface area contributed by atoms with Crippen LogP contribution in [0, 0.1) is 0 Å². The molecule has 7 heteroatoms. The van der Waals surface area contributed by atoms with E-state index >= 15 is 0 Å². The first-order valence-electron chi connectivity index (χ1n) is 18.5. The lowest BCUT2D eigenvalue weighted by Crippen LogP contribution is -2.50. The summed E-state index contributed by atoms with van der Waals surface area (Å²) in [5.41, 5.74) is 7.82. The average molecular weight is 698 g/mol. The Morgan fingerprint density at radius 2 is 1.24 bits per heavy atom. The van der Waals surface area contributed by atoms with Gasteiger partial charge in [0, 0.05) is 45.4 Å². The molecule has 0 bridgehead atoms. The van der Waals surface area contributed by atoms with Gasteiger partial charge in [-0.15, -0.1) is 0 Å². The molecular weight excluding hydrogens is 663 g/mol. The highest BCUT2D eigenvalue weighted by Gasteiger charge is 2.30. The van der Waals surface area contributed by atoms with Gasteiger partial charge in [-0.3, -0.25) is 10.3 Å². The SMILES string of the molecule is C1=NC(n2c3ccccc3c3cc4c5ccccc5n(-c5ccccc5)c4cc32)NC(C2=NC(c3ccc4ccccc4c3)=NC(c3ccccc3)N2)C1. The van der Waals surface area contributed by atoms with Crippen molar-refractivity contribution in [2.24, 2.45) is 15.0 Å². The maximum atomic E-state index is 5.23. The van der Waals surface area contributed by atoms with Crippen molar-refractivity contribution in [3.05, 3.63) is 175 Å². The van der Waals surface area contributed by atoms with Gasteiger partial charge in [0.15, 0.2) is 12.1 Å². The molecule has 11 rings (SSSR count). The number of nitrogens with zero attached hydrogens (tertiary/aromatic N) is 5. The molecule has 0 fully saturated rings. The lowest BCUT2D eigenvalue weighted by Gasteiger charge is -2.32. The van der Waals surface area contributed by atoms with Crippen molar-refractivity contribution in [2.45, 2.75) is 24.9 Å². The van der Waals surface area contributed by atoms with Crippen LogP contribution in [-0.2, 0) is 0 Å². The summed E-state index contributed by atoms with van der Waals surface area (Å²) in [7, 11) is 0. The largest absolute Gasteiger partial charge is 0.347 e. The van der Waals surface area contributed by atoms with Crippen LogP contribution in [0.5, 0.6) is 0 Å². The second-order valence-corrected chi connectivity index (χ2v) is 14.1. The molecule has 3 atom stereocenters. The lowest BCUT2D eigenvalue weighted by atomic mass is 10.0. The van der Waals surface area contributed by atoms with Gasteiger partial charge in [-0.1, -0.05) is 121 Å². The molecule has 0 spiro atoms. The number of amidine groups is 2. The van der Waals surface area contributed by atoms with Crippen molar-refractivity contribution in [1.29, 1.82) is 0 Å². The number of hydrogen-bond donors (Lipinski definition) is 2. The fraction of sp³-hybridized carbons (Fsp3) is 0.0851. The number of benzene rings is 7. The first kappa shape index (κ1) is 30.8. The lowest BCUT2D eigenvalue weighted by molar-refractivity contribution is 0.400. The fourth-order valence-electron chi connectivity index (χ4n) is 8.38. The van der Waals surface area contributed by atoms with Crippen LogP contribution in [-0.4, -0.2) is 33.1 Å². The predicted molar refractivity (Wildman–Crippen MR) is 223 cm³/mol. The molecule has 0 amide bonds. The summed E-state index contributed by atoms with van der Waals surface area (Å²) in [5, 5.41) is 14.9. The van der Waals surface area contributed by atoms with Crippen molar-refractivity contribution in [1.82, 2.24) is 19.8 Å². The summed E-state index contributed by atoms with van der Waals surface area (Å²) < 4.78 is 4.74. The van der Waals surface area contributed by atoms with Crippen LogP contribution < -0.4 is 10.6 Å². The second-order valence-electron chi connectivity index (χ2n) is 14.1. The van der Waals surface area contributed by atoms with E-state index < -0.39 is 0 Å². The summed E-state index contributed by atoms with van der Waals surface area (Å²) in [4.78, 5) is 15.5. The van der Waals surface area contributed by atoms with Crippen LogP contribution in [0.3, 0.4) is 0 Å². The van der Waals surface area contributed by atoms with Crippen LogP contribution in [0.2, 0.25) is 0 Å². The van der Waals surface area contributed by atoms with Crippen molar-refractivity contribution >= 4 is 72.3 Å². The third-order valence-corrected chi connectivity index (χ3v) is 10.9. The van der Waals surface area contributed by atoms with E-state index in [2.05, 4.69) is 184 Å². The van der Waals surface area contributed by atoms with E-state index in [1.54, 1.807) is 0 Å². The third kappa shape index (κ3) is 4.97. The van der Waals surface area contributed by atoms with Gasteiger partial charge in [-0.25, -0.2) is 9.98 Å². The number of para-hydroxylation sites is 3. The molecule has 7 aromatic carbocycles. The molecule has 4 heterocycles. The van der Waals surface area contributed by atoms with E-state index in [1.165, 1.54) is 37.8 Å². The van der Waals surface area contributed by atoms with Gasteiger partial charge in [-0.05, 0) is 58.8 Å². The Labute approximate surface area is 311 Å². The van der Waals surface area contributed by atoms with Crippen LogP contribution >= 0.6 is 0 Å². The third-order valence-electron chi connectivity index (χ3n) is 10.9. The normalized spacial score (nSPS) is 18.7. The van der Waals surface area contributed by atoms with E-state index in [-0.39, 0.29) is 18.5 Å². The molecule has 0 radical (unpaired) electrons. The quantitative estimate of drug-likeness (QED) is 0.188. The molecule has 7 nitrogen and oxygen atoms in total. The minimum atomic E-state index is -0.360. The minimum Gasteiger partial charge on any atom is -0.347 e. The molecule has 54 heavy (non-hydrogen) atoms. The van der Waals surface area contributed by atoms with Crippen LogP contribution in [0.15, 0.2) is 179 Å². The summed E-state index contributed by atoms with van der Waals surface area (Å²) in [6.45, 7) is 0. The van der Waals surface area contributed by atoms with Gasteiger partial charge in [0.1, 0.15) is 12.0 Å². The Balaban J connectivity index is 1.04. The van der Waals surface area contributed by atoms with E-state index in [9.17, 15) is 0 Å². The Kier molecular flexibility index (Phi) is 7.06. The molecule has 0 saturated carbocycles. The van der Waals surface area contributed by atoms with Crippen LogP contribution in [0.25, 0.3) is 60.1 Å². The minimum absolute atomic E-state index is 0.125. The van der Waals surface area contributed by atoms with Gasteiger partial charge in [0.05, 0.1) is 28.1 Å². The Morgan fingerprint density at radius 3 is 2.07 bits per heavy atom. The molecule has 2 aliphatic rings. The zero-order valence-corrected chi connectivity index (χ0v) is 29.3. The van der Waals surface area contributed by atoms with Crippen molar-refractivity contribution in [3.8, 4) is 5.69 Å². The van der Waals surface area contributed by atoms with E-state index in [0.717, 1.165) is 45.0 Å². The van der Waals surface area contributed by atoms with Gasteiger partial charge < -0.3 is 14.5 Å². The molecule has 2 N–H and O–H groups in total. The number of rotatable bonds is 5. The zero-order valence-electron chi connectivity index (χ0n) is 29.3. The van der Waals surface area contributed by atoms with E-state index in [4.69, 9.17) is 15.0 Å². The van der Waals surface area contributed by atoms with E-state index in [1.807, 2.05) is 6.07 Å². The molecule has 3 unspecified atom stereocenters. The standard InChI is InChI=1S/C47H35N7/c1-3-14-31(15-4-1)44-50-45(33-24-23-30-13-7-8-16-32(30)27-33)52-46(51-44)39-25-26-48-47(49-39)54-41-22-12-10-20-36(41)38-28-37-35-19-9-11-21-40(35)53(42(37)29-43(38)54)34-17-5-2-6-18-34/h1-24,26-29,39,44,47,49H,25H2,(H,50,51,52). The number of fused-ring (bicyclic) bond motifs is 7. The summed E-state index contributed by atoms with van der Waals surface area (Å²) >= 11 is 0. The van der Waals surface area contributed by atoms with Crippen molar-refractivity contribution in [2.75, 3.05) is 0 Å². The Hall–Kier alpha value is -6.83. The first-order valence-corrected chi connectivity index (χ1v) is 18.5. The van der Waals surface area contributed by atoms with Gasteiger partial charge in [0.2, 0.25) is 0 Å². The maximum Gasteiger partial charge on any atom is 0.180 e. The average Bonchev–Trinajstić information content (AvgIpc) is 3.75. The number of hydrogen-bond acceptors (Lipinski definition) is 5. The van der Waals surface area contributed by atoms with Gasteiger partial charge in [-0.2, -0.15) is 0 Å². The second kappa shape index (κ2) is 12.4. The number of aliphatic imine (C=N–C) groups is 3. The highest BCUT2D eigenvalue weighted by molar-refractivity contribution is 6.19. The van der Waals surface area contributed by atoms with Gasteiger partial charge in [0.25, 0.3) is 0 Å². The fourth-order valence-corrected chi connectivity index (χ4v) is 8.38. The molecule has 2 aliphatic heterocycles. The Morgan fingerprint density at radius 1 is 0.556 bits per heavy atom. The van der Waals surface area contributed by atoms with E-state index in [0.29, 0.717) is 6.42 Å². The molecular formula is C47H35N7. The summed E-state index contributed by atoms with van der Waals surface area (Å²) in [6, 6.07) is 57.9. The van der Waals surface area contributed by atoms with Crippen LogP contribution in [0.4, 0.5) is 0 Å². The smallest absolute Gasteiger partial charge is 0.180 e. The number of aromatic nitrogens is 2. The Bertz CT molecular complexity index is 2990. The molecule has 2 aromatic heterocycles. The number of nitrogens with one attached hydrogen (secondary N) is 2. The highest BCUT2D eigenvalue weighted by Crippen LogP contribution is 2.40. The van der Waals surface area contributed by atoms with Crippen LogP contribution in [0.1, 0.15) is 30.0 Å². The monoisotopic (exact) mass is 697 g/mol. The predicted octanol–water partition coefficient (Wildman–Crippen LogP) is 10.1. The highest BCUT2D eigenvalue weighted by atomic mass is 15.3. The summed E-state index contributed by atoms with van der Waals surface area (Å²) in [5.74, 6) is 1.57. The topological polar surface area (TPSA) is 71.0 Å². The maximum absolute atomic E-state index is 5.23.